The standard InChI is InChI=1S/C20H23O2.Rh/c1-3-20(2,14-19(21)18-12-8-5-9-13-18)16-22-15-17-10-6-4-7-11-17;/h4-13H,2-3,14-16H2,1H3;/q-1;/t20-;/m1./s1. The van der Waals surface area contributed by atoms with Crippen LogP contribution in [0.2, 0.25) is 0 Å². The summed E-state index contributed by atoms with van der Waals surface area (Å²) in [5.41, 5.74) is 1.50. The molecule has 0 N–H and O–H groups in total. The number of carbonyl (C=O) groups is 1. The second kappa shape index (κ2) is 9.75. The molecule has 2 nitrogen and oxygen atoms in total. The van der Waals surface area contributed by atoms with Crippen molar-refractivity contribution in [2.75, 3.05) is 6.61 Å². The molecule has 2 rings (SSSR count). The maximum atomic E-state index is 12.4. The van der Waals surface area contributed by atoms with Crippen molar-refractivity contribution >= 4 is 5.78 Å². The summed E-state index contributed by atoms with van der Waals surface area (Å²) >= 11 is 0. The zero-order chi connectivity index (χ0) is 15.8. The van der Waals surface area contributed by atoms with Gasteiger partial charge in [-0.3, -0.25) is 4.79 Å². The van der Waals surface area contributed by atoms with E-state index in [4.69, 9.17) is 4.74 Å². The molecule has 0 aliphatic rings. The van der Waals surface area contributed by atoms with Gasteiger partial charge in [0.05, 0.1) is 6.61 Å². The van der Waals surface area contributed by atoms with Crippen molar-refractivity contribution in [3.8, 4) is 0 Å². The van der Waals surface area contributed by atoms with Gasteiger partial charge < -0.3 is 11.7 Å². The number of hydrogen-bond donors (Lipinski definition) is 0. The summed E-state index contributed by atoms with van der Waals surface area (Å²) in [4.78, 5) is 12.4. The fraction of sp³-hybridized carbons (Fsp3) is 0.300. The van der Waals surface area contributed by atoms with Crippen LogP contribution in [-0.2, 0) is 30.8 Å². The van der Waals surface area contributed by atoms with Gasteiger partial charge in [-0.05, 0) is 12.0 Å². The average molecular weight is 398 g/mol. The van der Waals surface area contributed by atoms with Crippen LogP contribution in [0.1, 0.15) is 35.7 Å². The summed E-state index contributed by atoms with van der Waals surface area (Å²) in [6.07, 6.45) is 1.21. The Bertz CT molecular complexity index is 583. The number of rotatable bonds is 8. The minimum Gasteiger partial charge on any atom is -0.379 e. The van der Waals surface area contributed by atoms with Crippen molar-refractivity contribution in [2.24, 2.45) is 5.41 Å². The zero-order valence-electron chi connectivity index (χ0n) is 13.5. The topological polar surface area (TPSA) is 26.3 Å². The predicted octanol–water partition coefficient (Wildman–Crippen LogP) is 4.70. The molecular formula is C20H23O2Rh-. The Hall–Kier alpha value is -1.31. The number of carbonyl (C=O) groups excluding carboxylic acids is 1. The van der Waals surface area contributed by atoms with Crippen molar-refractivity contribution in [1.82, 2.24) is 0 Å². The van der Waals surface area contributed by atoms with Crippen LogP contribution in [0, 0.1) is 12.3 Å². The SMILES string of the molecule is [CH2-][C@](CC)(COCc1ccccc1)CC(=O)c1ccccc1.[Rh]. The maximum Gasteiger partial charge on any atom is 0.160 e. The first kappa shape index (κ1) is 19.7. The van der Waals surface area contributed by atoms with Crippen LogP contribution in [0.25, 0.3) is 0 Å². The molecule has 23 heavy (non-hydrogen) atoms. The molecule has 2 aromatic rings. The fourth-order valence-corrected chi connectivity index (χ4v) is 2.30. The van der Waals surface area contributed by atoms with Crippen LogP contribution in [-0.4, -0.2) is 12.4 Å². The Balaban J connectivity index is 0.00000264. The van der Waals surface area contributed by atoms with E-state index in [1.807, 2.05) is 60.7 Å². The zero-order valence-corrected chi connectivity index (χ0v) is 15.1. The summed E-state index contributed by atoms with van der Waals surface area (Å²) in [5.74, 6) is 0.126. The van der Waals surface area contributed by atoms with E-state index in [9.17, 15) is 4.79 Å². The molecule has 3 heteroatoms. The van der Waals surface area contributed by atoms with E-state index in [-0.39, 0.29) is 30.7 Å². The van der Waals surface area contributed by atoms with E-state index in [1.54, 1.807) is 0 Å². The van der Waals surface area contributed by atoms with E-state index >= 15 is 0 Å². The number of hydrogen-bond acceptors (Lipinski definition) is 2. The minimum atomic E-state index is -0.373. The van der Waals surface area contributed by atoms with E-state index in [2.05, 4.69) is 13.8 Å². The summed E-state index contributed by atoms with van der Waals surface area (Å²) in [7, 11) is 0. The van der Waals surface area contributed by atoms with E-state index < -0.39 is 0 Å². The molecule has 0 fully saturated rings. The smallest absolute Gasteiger partial charge is 0.160 e. The van der Waals surface area contributed by atoms with Gasteiger partial charge in [0, 0.05) is 31.6 Å². The van der Waals surface area contributed by atoms with Crippen molar-refractivity contribution in [2.45, 2.75) is 26.4 Å². The van der Waals surface area contributed by atoms with Gasteiger partial charge in [-0.2, -0.15) is 0 Å². The third kappa shape index (κ3) is 6.37. The third-order valence-corrected chi connectivity index (χ3v) is 3.90. The van der Waals surface area contributed by atoms with Crippen LogP contribution in [0.5, 0.6) is 0 Å². The predicted molar refractivity (Wildman–Crippen MR) is 89.6 cm³/mol. The summed E-state index contributed by atoms with van der Waals surface area (Å²) in [5, 5.41) is 0. The first-order valence-corrected chi connectivity index (χ1v) is 7.68. The molecule has 0 aliphatic heterocycles. The number of benzene rings is 2. The largest absolute Gasteiger partial charge is 0.379 e. The van der Waals surface area contributed by atoms with Crippen LogP contribution >= 0.6 is 0 Å². The molecule has 0 bridgehead atoms. The van der Waals surface area contributed by atoms with Crippen molar-refractivity contribution in [1.29, 1.82) is 0 Å². The van der Waals surface area contributed by atoms with Gasteiger partial charge in [-0.25, -0.2) is 0 Å². The molecule has 0 spiro atoms. The van der Waals surface area contributed by atoms with Crippen molar-refractivity contribution < 1.29 is 29.0 Å². The van der Waals surface area contributed by atoms with Crippen molar-refractivity contribution in [3.63, 3.8) is 0 Å². The molecule has 0 heterocycles. The Morgan fingerprint density at radius 1 is 1.04 bits per heavy atom. The van der Waals surface area contributed by atoms with Crippen molar-refractivity contribution in [3.05, 3.63) is 78.7 Å². The van der Waals surface area contributed by atoms with Gasteiger partial charge >= 0.3 is 0 Å². The van der Waals surface area contributed by atoms with Gasteiger partial charge in [0.25, 0.3) is 0 Å². The summed E-state index contributed by atoms with van der Waals surface area (Å²) in [6.45, 7) is 7.33. The molecule has 1 radical (unpaired) electrons. The summed E-state index contributed by atoms with van der Waals surface area (Å²) < 4.78 is 5.80. The number of Topliss-reactive ketones (excluding diaryl/α,β-unsaturated/α-hetero) is 1. The normalized spacial score (nSPS) is 13.0. The molecule has 2 aromatic carbocycles. The van der Waals surface area contributed by atoms with Crippen LogP contribution in [0.3, 0.4) is 0 Å². The average Bonchev–Trinajstić information content (AvgIpc) is 2.56. The second-order valence-electron chi connectivity index (χ2n) is 5.80. The Labute approximate surface area is 152 Å². The van der Waals surface area contributed by atoms with E-state index in [0.29, 0.717) is 19.6 Å². The first-order chi connectivity index (χ1) is 10.6. The molecule has 0 aliphatic carbocycles. The Morgan fingerprint density at radius 3 is 2.17 bits per heavy atom. The molecule has 0 amide bonds. The molecule has 0 unspecified atom stereocenters. The molecule has 0 saturated heterocycles. The Morgan fingerprint density at radius 2 is 1.61 bits per heavy atom. The van der Waals surface area contributed by atoms with Crippen LogP contribution in [0.15, 0.2) is 60.7 Å². The minimum absolute atomic E-state index is 0. The van der Waals surface area contributed by atoms with Crippen LogP contribution < -0.4 is 0 Å². The van der Waals surface area contributed by atoms with Gasteiger partial charge in [0.15, 0.2) is 5.78 Å². The Kier molecular flexibility index (Phi) is 8.37. The van der Waals surface area contributed by atoms with Gasteiger partial charge in [-0.15, -0.1) is 5.41 Å². The van der Waals surface area contributed by atoms with Gasteiger partial charge in [-0.1, -0.05) is 74.0 Å². The first-order valence-electron chi connectivity index (χ1n) is 7.68. The maximum absolute atomic E-state index is 12.4. The molecular weight excluding hydrogens is 375 g/mol. The molecule has 125 valence electrons. The third-order valence-electron chi connectivity index (χ3n) is 3.90. The quantitative estimate of drug-likeness (QED) is 0.366. The molecule has 0 aromatic heterocycles. The van der Waals surface area contributed by atoms with E-state index in [0.717, 1.165) is 17.5 Å². The molecule has 0 saturated carbocycles. The fourth-order valence-electron chi connectivity index (χ4n) is 2.30. The van der Waals surface area contributed by atoms with E-state index in [1.165, 1.54) is 0 Å². The number of ether oxygens (including phenoxy) is 1. The summed E-state index contributed by atoms with van der Waals surface area (Å²) in [6, 6.07) is 19.4. The number of ketones is 1. The monoisotopic (exact) mass is 398 g/mol. The van der Waals surface area contributed by atoms with Gasteiger partial charge in [0.2, 0.25) is 0 Å². The van der Waals surface area contributed by atoms with Gasteiger partial charge in [0.1, 0.15) is 0 Å². The molecule has 1 atom stereocenters. The second-order valence-corrected chi connectivity index (χ2v) is 5.80. The van der Waals surface area contributed by atoms with Crippen LogP contribution in [0.4, 0.5) is 0 Å².